The quantitative estimate of drug-likeness (QED) is 0.0489. The Hall–Kier alpha value is -3.54. The summed E-state index contributed by atoms with van der Waals surface area (Å²) in [6, 6.07) is -1.12. The number of aryl methyl sites for hydroxylation is 1. The van der Waals surface area contributed by atoms with E-state index in [4.69, 9.17) is 18.9 Å². The van der Waals surface area contributed by atoms with Crippen molar-refractivity contribution in [3.63, 3.8) is 0 Å². The van der Waals surface area contributed by atoms with Gasteiger partial charge in [-0.1, -0.05) is 75.8 Å². The van der Waals surface area contributed by atoms with Crippen molar-refractivity contribution in [3.05, 3.63) is 5.82 Å². The van der Waals surface area contributed by atoms with Gasteiger partial charge in [0, 0.05) is 32.4 Å². The van der Waals surface area contributed by atoms with Gasteiger partial charge in [-0.25, -0.2) is 4.79 Å². The average Bonchev–Trinajstić information content (AvgIpc) is 3.64. The third-order valence-corrected chi connectivity index (χ3v) is 7.79. The maximum Gasteiger partial charge on any atom is 0.326 e. The zero-order valence-corrected chi connectivity index (χ0v) is 30.2. The highest BCUT2D eigenvalue weighted by Gasteiger charge is 2.20. The van der Waals surface area contributed by atoms with Crippen LogP contribution in [0.25, 0.3) is 0 Å². The molecule has 1 rings (SSSR count). The highest BCUT2D eigenvalue weighted by Crippen LogP contribution is 2.13. The van der Waals surface area contributed by atoms with E-state index < -0.39 is 12.0 Å². The summed E-state index contributed by atoms with van der Waals surface area (Å²) in [4.78, 5) is 57.8. The van der Waals surface area contributed by atoms with E-state index in [2.05, 4.69) is 36.6 Å². The number of aldehydes is 1. The summed E-state index contributed by atoms with van der Waals surface area (Å²) in [5, 5.41) is 31.3. The number of hydrogen-bond acceptors (Lipinski definition) is 12. The Bertz CT molecular complexity index is 1030. The minimum atomic E-state index is -1.17. The van der Waals surface area contributed by atoms with Crippen LogP contribution in [-0.4, -0.2) is 128 Å². The molecule has 17 nitrogen and oxygen atoms in total. The van der Waals surface area contributed by atoms with Gasteiger partial charge in [0.15, 0.2) is 5.82 Å². The van der Waals surface area contributed by atoms with Crippen LogP contribution in [0.2, 0.25) is 0 Å². The topological polar surface area (TPSA) is 233 Å². The molecule has 5 N–H and O–H groups in total. The highest BCUT2D eigenvalue weighted by molar-refractivity contribution is 5.84. The van der Waals surface area contributed by atoms with E-state index in [9.17, 15) is 29.1 Å². The number of carbonyl (C=O) groups excluding carboxylic acids is 4. The predicted octanol–water partition coefficient (Wildman–Crippen LogP) is 2.05. The molecule has 0 aromatic carbocycles. The SMILES string of the molecule is O=CCOCCOCCNC(=O)COCCOCCNC(=O)CC[C@H](NC(=O)CCCCCCCCCCCCCCCc1nn[nH]n1)C(=O)O. The van der Waals surface area contributed by atoms with Crippen molar-refractivity contribution >= 4 is 30.0 Å². The summed E-state index contributed by atoms with van der Waals surface area (Å²) in [7, 11) is 0. The van der Waals surface area contributed by atoms with E-state index in [-0.39, 0.29) is 76.6 Å². The molecule has 3 amide bonds. The number of hydrogen-bond donors (Lipinski definition) is 5. The van der Waals surface area contributed by atoms with Crippen LogP contribution in [0.15, 0.2) is 0 Å². The van der Waals surface area contributed by atoms with Crippen LogP contribution >= 0.6 is 0 Å². The summed E-state index contributed by atoms with van der Waals surface area (Å²) < 4.78 is 20.8. The third-order valence-electron chi connectivity index (χ3n) is 7.79. The second-order valence-corrected chi connectivity index (χ2v) is 12.1. The molecular formula is C34H61N7O10. The minimum absolute atomic E-state index is 0.00682. The molecule has 51 heavy (non-hydrogen) atoms. The lowest BCUT2D eigenvalue weighted by atomic mass is 10.0. The zero-order chi connectivity index (χ0) is 37.0. The Balaban J connectivity index is 1.90. The van der Waals surface area contributed by atoms with E-state index in [0.29, 0.717) is 39.1 Å². The number of unbranched alkanes of at least 4 members (excludes halogenated alkanes) is 12. The number of tetrazole rings is 1. The molecule has 1 atom stereocenters. The number of carbonyl (C=O) groups is 5. The van der Waals surface area contributed by atoms with Gasteiger partial charge in [-0.3, -0.25) is 14.4 Å². The van der Waals surface area contributed by atoms with E-state index in [1.807, 2.05) is 0 Å². The van der Waals surface area contributed by atoms with E-state index in [1.54, 1.807) is 0 Å². The van der Waals surface area contributed by atoms with Crippen LogP contribution in [0.5, 0.6) is 0 Å². The Morgan fingerprint density at radius 2 is 1.22 bits per heavy atom. The first-order valence-electron chi connectivity index (χ1n) is 18.4. The minimum Gasteiger partial charge on any atom is -0.480 e. The van der Waals surface area contributed by atoms with Crippen molar-refractivity contribution in [1.29, 1.82) is 0 Å². The summed E-state index contributed by atoms with van der Waals surface area (Å²) >= 11 is 0. The van der Waals surface area contributed by atoms with Gasteiger partial charge in [-0.2, -0.15) is 5.21 Å². The smallest absolute Gasteiger partial charge is 0.326 e. The van der Waals surface area contributed by atoms with E-state index in [0.717, 1.165) is 37.9 Å². The molecule has 1 heterocycles. The monoisotopic (exact) mass is 727 g/mol. The second kappa shape index (κ2) is 33.6. The number of carboxylic acids is 1. The first-order chi connectivity index (χ1) is 24.9. The van der Waals surface area contributed by atoms with Gasteiger partial charge < -0.3 is 44.8 Å². The third kappa shape index (κ3) is 29.9. The highest BCUT2D eigenvalue weighted by atomic mass is 16.5. The molecule has 0 aliphatic carbocycles. The normalized spacial score (nSPS) is 11.6. The fourth-order valence-electron chi connectivity index (χ4n) is 5.00. The molecule has 0 bridgehead atoms. The molecule has 0 saturated heterocycles. The summed E-state index contributed by atoms with van der Waals surface area (Å²) in [6.45, 7) is 2.05. The molecule has 0 spiro atoms. The summed E-state index contributed by atoms with van der Waals surface area (Å²) in [6.07, 6.45) is 16.7. The van der Waals surface area contributed by atoms with Gasteiger partial charge in [-0.05, 0) is 19.3 Å². The lowest BCUT2D eigenvalue weighted by Gasteiger charge is -2.14. The Kier molecular flexibility index (Phi) is 30.0. The molecule has 0 unspecified atom stereocenters. The fraction of sp³-hybridized carbons (Fsp3) is 0.824. The van der Waals surface area contributed by atoms with Gasteiger partial charge >= 0.3 is 5.97 Å². The van der Waals surface area contributed by atoms with Crippen LogP contribution in [0.3, 0.4) is 0 Å². The first kappa shape index (κ1) is 45.5. The van der Waals surface area contributed by atoms with E-state index in [1.165, 1.54) is 51.4 Å². The second-order valence-electron chi connectivity index (χ2n) is 12.1. The number of nitrogens with one attached hydrogen (secondary N) is 4. The number of amides is 3. The molecule has 0 aliphatic rings. The van der Waals surface area contributed by atoms with Gasteiger partial charge in [0.25, 0.3) is 0 Å². The molecule has 0 fully saturated rings. The van der Waals surface area contributed by atoms with Crippen LogP contribution in [-0.2, 0) is 49.3 Å². The summed E-state index contributed by atoms with van der Waals surface area (Å²) in [5.74, 6) is -1.32. The lowest BCUT2D eigenvalue weighted by molar-refractivity contribution is -0.142. The number of aromatic nitrogens is 4. The number of aliphatic carboxylic acids is 1. The van der Waals surface area contributed by atoms with Crippen LogP contribution in [0.4, 0.5) is 0 Å². The standard InChI is InChI=1S/C34H61N7O10/c42-20-23-50-25-24-48-22-19-36-33(45)28-51-27-26-49-21-18-35-31(43)17-16-29(34(46)47)37-32(44)15-13-11-9-7-5-3-1-2-4-6-8-10-12-14-30-38-40-41-39-30/h20,29H,1-19,21-28H2,(H,35,43)(H,36,45)(H,37,44)(H,46,47)(H,38,39,40,41)/t29-/m0/s1. The van der Waals surface area contributed by atoms with Crippen LogP contribution in [0, 0.1) is 0 Å². The van der Waals surface area contributed by atoms with Gasteiger partial charge in [0.1, 0.15) is 25.5 Å². The first-order valence-corrected chi connectivity index (χ1v) is 18.4. The number of aromatic amines is 1. The van der Waals surface area contributed by atoms with Crippen molar-refractivity contribution in [1.82, 2.24) is 36.6 Å². The van der Waals surface area contributed by atoms with Crippen molar-refractivity contribution < 1.29 is 48.0 Å². The van der Waals surface area contributed by atoms with Crippen molar-refractivity contribution in [3.8, 4) is 0 Å². The van der Waals surface area contributed by atoms with Crippen molar-refractivity contribution in [2.75, 3.05) is 65.9 Å². The van der Waals surface area contributed by atoms with Crippen molar-refractivity contribution in [2.24, 2.45) is 0 Å². The summed E-state index contributed by atoms with van der Waals surface area (Å²) in [5.41, 5.74) is 0. The number of H-pyrrole nitrogens is 1. The average molecular weight is 728 g/mol. The molecule has 0 saturated carbocycles. The molecular weight excluding hydrogens is 666 g/mol. The van der Waals surface area contributed by atoms with Gasteiger partial charge in [0.05, 0.1) is 39.6 Å². The lowest BCUT2D eigenvalue weighted by Crippen LogP contribution is -2.41. The predicted molar refractivity (Wildman–Crippen MR) is 187 cm³/mol. The molecule has 0 radical (unpaired) electrons. The Morgan fingerprint density at radius 1 is 0.667 bits per heavy atom. The molecule has 0 aliphatic heterocycles. The number of ether oxygens (including phenoxy) is 4. The number of nitrogens with zero attached hydrogens (tertiary/aromatic N) is 3. The maximum absolute atomic E-state index is 12.3. The Labute approximate surface area is 301 Å². The van der Waals surface area contributed by atoms with Crippen molar-refractivity contribution in [2.45, 2.75) is 115 Å². The molecule has 1 aromatic heterocycles. The molecule has 292 valence electrons. The van der Waals surface area contributed by atoms with Crippen LogP contribution < -0.4 is 16.0 Å². The van der Waals surface area contributed by atoms with Gasteiger partial charge in [-0.15, -0.1) is 10.2 Å². The largest absolute Gasteiger partial charge is 0.480 e. The Morgan fingerprint density at radius 3 is 1.78 bits per heavy atom. The fourth-order valence-corrected chi connectivity index (χ4v) is 5.00. The number of carboxylic acid groups (broad SMARTS) is 1. The van der Waals surface area contributed by atoms with E-state index >= 15 is 0 Å². The molecule has 17 heteroatoms. The molecule has 1 aromatic rings. The maximum atomic E-state index is 12.3. The van der Waals surface area contributed by atoms with Crippen LogP contribution in [0.1, 0.15) is 109 Å². The van der Waals surface area contributed by atoms with Gasteiger partial charge in [0.2, 0.25) is 17.7 Å². The zero-order valence-electron chi connectivity index (χ0n) is 30.2. The number of rotatable bonds is 37.